The molecule has 0 aromatic heterocycles. The van der Waals surface area contributed by atoms with Gasteiger partial charge in [-0.25, -0.2) is 8.78 Å². The average molecular weight is 268 g/mol. The molecule has 2 rings (SSSR count). The molecule has 19 heavy (non-hydrogen) atoms. The standard InChI is InChI=1S/C15H22F2N2/c1-10(15-12(16)6-4-7-13(15)17)19(2)14-8-3-5-11(14)9-18/h4,6-7,10-11,14H,3,5,8-9,18H2,1-2H3. The molecule has 3 atom stereocenters. The summed E-state index contributed by atoms with van der Waals surface area (Å²) >= 11 is 0. The van der Waals surface area contributed by atoms with E-state index in [2.05, 4.69) is 4.90 Å². The second kappa shape index (κ2) is 5.97. The summed E-state index contributed by atoms with van der Waals surface area (Å²) in [5.74, 6) is -0.509. The molecule has 0 saturated heterocycles. The lowest BCUT2D eigenvalue weighted by Gasteiger charge is -2.34. The van der Waals surface area contributed by atoms with Crippen molar-refractivity contribution in [2.45, 2.75) is 38.3 Å². The first-order chi connectivity index (χ1) is 9.06. The number of halogens is 2. The van der Waals surface area contributed by atoms with Gasteiger partial charge in [0.15, 0.2) is 0 Å². The van der Waals surface area contributed by atoms with Gasteiger partial charge in [0.2, 0.25) is 0 Å². The molecule has 4 heteroatoms. The molecule has 0 radical (unpaired) electrons. The lowest BCUT2D eigenvalue weighted by molar-refractivity contribution is 0.147. The van der Waals surface area contributed by atoms with E-state index < -0.39 is 11.6 Å². The number of benzene rings is 1. The Labute approximate surface area is 113 Å². The summed E-state index contributed by atoms with van der Waals surface area (Å²) in [5, 5.41) is 0. The van der Waals surface area contributed by atoms with Gasteiger partial charge in [-0.15, -0.1) is 0 Å². The van der Waals surface area contributed by atoms with Crippen LogP contribution in [0.25, 0.3) is 0 Å². The fraction of sp³-hybridized carbons (Fsp3) is 0.600. The van der Waals surface area contributed by atoms with Crippen molar-refractivity contribution < 1.29 is 8.78 Å². The maximum Gasteiger partial charge on any atom is 0.130 e. The Kier molecular flexibility index (Phi) is 4.53. The van der Waals surface area contributed by atoms with Crippen molar-refractivity contribution in [3.05, 3.63) is 35.4 Å². The summed E-state index contributed by atoms with van der Waals surface area (Å²) in [6, 6.07) is 4.08. The fourth-order valence-corrected chi connectivity index (χ4v) is 3.23. The van der Waals surface area contributed by atoms with E-state index in [0.717, 1.165) is 19.3 Å². The Morgan fingerprint density at radius 1 is 1.32 bits per heavy atom. The topological polar surface area (TPSA) is 29.3 Å². The molecule has 0 aliphatic heterocycles. The van der Waals surface area contributed by atoms with Crippen LogP contribution in [0.2, 0.25) is 0 Å². The Morgan fingerprint density at radius 3 is 2.53 bits per heavy atom. The second-order valence-electron chi connectivity index (χ2n) is 5.47. The summed E-state index contributed by atoms with van der Waals surface area (Å²) < 4.78 is 27.7. The van der Waals surface area contributed by atoms with E-state index in [1.165, 1.54) is 18.2 Å². The van der Waals surface area contributed by atoms with Crippen molar-refractivity contribution in [3.8, 4) is 0 Å². The molecule has 1 aromatic carbocycles. The van der Waals surface area contributed by atoms with Gasteiger partial charge in [0.1, 0.15) is 11.6 Å². The highest BCUT2D eigenvalue weighted by molar-refractivity contribution is 5.23. The molecule has 0 amide bonds. The zero-order chi connectivity index (χ0) is 14.0. The third-order valence-corrected chi connectivity index (χ3v) is 4.47. The van der Waals surface area contributed by atoms with Crippen molar-refractivity contribution in [2.75, 3.05) is 13.6 Å². The van der Waals surface area contributed by atoms with E-state index in [1.807, 2.05) is 14.0 Å². The smallest absolute Gasteiger partial charge is 0.130 e. The molecular weight excluding hydrogens is 246 g/mol. The molecule has 3 unspecified atom stereocenters. The molecule has 0 heterocycles. The molecule has 1 aliphatic rings. The molecule has 1 fully saturated rings. The first kappa shape index (κ1) is 14.4. The van der Waals surface area contributed by atoms with Gasteiger partial charge in [-0.2, -0.15) is 0 Å². The maximum atomic E-state index is 13.8. The Bertz CT molecular complexity index is 416. The zero-order valence-electron chi connectivity index (χ0n) is 11.6. The SMILES string of the molecule is CC(c1c(F)cccc1F)N(C)C1CCCC1CN. The normalized spacial score (nSPS) is 24.9. The van der Waals surface area contributed by atoms with Gasteiger partial charge in [0.05, 0.1) is 0 Å². The van der Waals surface area contributed by atoms with Crippen molar-refractivity contribution >= 4 is 0 Å². The van der Waals surface area contributed by atoms with Crippen LogP contribution >= 0.6 is 0 Å². The van der Waals surface area contributed by atoms with Gasteiger partial charge < -0.3 is 5.73 Å². The van der Waals surface area contributed by atoms with Crippen LogP contribution in [0.3, 0.4) is 0 Å². The lowest BCUT2D eigenvalue weighted by Crippen LogP contribution is -2.39. The van der Waals surface area contributed by atoms with E-state index in [4.69, 9.17) is 5.73 Å². The van der Waals surface area contributed by atoms with Crippen LogP contribution < -0.4 is 5.73 Å². The van der Waals surface area contributed by atoms with Gasteiger partial charge in [-0.05, 0) is 51.4 Å². The summed E-state index contributed by atoms with van der Waals surface area (Å²) in [7, 11) is 1.94. The Hall–Kier alpha value is -1.00. The third-order valence-electron chi connectivity index (χ3n) is 4.47. The third kappa shape index (κ3) is 2.79. The van der Waals surface area contributed by atoms with Crippen LogP contribution in [-0.4, -0.2) is 24.5 Å². The van der Waals surface area contributed by atoms with Gasteiger partial charge in [-0.1, -0.05) is 12.5 Å². The van der Waals surface area contributed by atoms with Crippen LogP contribution in [0.1, 0.15) is 37.8 Å². The molecular formula is C15H22F2N2. The number of rotatable bonds is 4. The van der Waals surface area contributed by atoms with E-state index in [9.17, 15) is 8.78 Å². The monoisotopic (exact) mass is 268 g/mol. The van der Waals surface area contributed by atoms with E-state index in [1.54, 1.807) is 0 Å². The van der Waals surface area contributed by atoms with Crippen LogP contribution in [0.4, 0.5) is 8.78 Å². The summed E-state index contributed by atoms with van der Waals surface area (Å²) in [5.41, 5.74) is 5.95. The zero-order valence-corrected chi connectivity index (χ0v) is 11.6. The first-order valence-corrected chi connectivity index (χ1v) is 6.92. The predicted molar refractivity (Wildman–Crippen MR) is 72.7 cm³/mol. The summed E-state index contributed by atoms with van der Waals surface area (Å²) in [6.45, 7) is 2.49. The fourth-order valence-electron chi connectivity index (χ4n) is 3.23. The van der Waals surface area contributed by atoms with E-state index in [0.29, 0.717) is 18.5 Å². The molecule has 0 spiro atoms. The van der Waals surface area contributed by atoms with Crippen molar-refractivity contribution in [1.29, 1.82) is 0 Å². The maximum absolute atomic E-state index is 13.8. The van der Waals surface area contributed by atoms with Crippen molar-refractivity contribution in [3.63, 3.8) is 0 Å². The summed E-state index contributed by atoms with van der Waals surface area (Å²) in [4.78, 5) is 2.08. The van der Waals surface area contributed by atoms with Crippen LogP contribution in [0, 0.1) is 17.6 Å². The molecule has 106 valence electrons. The van der Waals surface area contributed by atoms with E-state index >= 15 is 0 Å². The quantitative estimate of drug-likeness (QED) is 0.909. The Morgan fingerprint density at radius 2 is 1.95 bits per heavy atom. The average Bonchev–Trinajstić information content (AvgIpc) is 2.85. The second-order valence-corrected chi connectivity index (χ2v) is 5.47. The Balaban J connectivity index is 2.21. The molecule has 1 aliphatic carbocycles. The van der Waals surface area contributed by atoms with Gasteiger partial charge in [0.25, 0.3) is 0 Å². The molecule has 1 saturated carbocycles. The van der Waals surface area contributed by atoms with Crippen molar-refractivity contribution in [1.82, 2.24) is 4.90 Å². The van der Waals surface area contributed by atoms with Crippen LogP contribution in [-0.2, 0) is 0 Å². The molecule has 2 nitrogen and oxygen atoms in total. The minimum atomic E-state index is -0.471. The van der Waals surface area contributed by atoms with Crippen LogP contribution in [0.5, 0.6) is 0 Å². The summed E-state index contributed by atoms with van der Waals surface area (Å²) in [6.07, 6.45) is 3.31. The number of nitrogens with two attached hydrogens (primary N) is 1. The van der Waals surface area contributed by atoms with Gasteiger partial charge in [-0.3, -0.25) is 4.90 Å². The lowest BCUT2D eigenvalue weighted by atomic mass is 9.98. The highest BCUT2D eigenvalue weighted by Gasteiger charge is 2.33. The van der Waals surface area contributed by atoms with Crippen molar-refractivity contribution in [2.24, 2.45) is 11.7 Å². The minimum Gasteiger partial charge on any atom is -0.330 e. The van der Waals surface area contributed by atoms with Crippen LogP contribution in [0.15, 0.2) is 18.2 Å². The number of hydrogen-bond acceptors (Lipinski definition) is 2. The van der Waals surface area contributed by atoms with E-state index in [-0.39, 0.29) is 11.6 Å². The highest BCUT2D eigenvalue weighted by Crippen LogP contribution is 2.34. The predicted octanol–water partition coefficient (Wildman–Crippen LogP) is 3.09. The number of hydrogen-bond donors (Lipinski definition) is 1. The highest BCUT2D eigenvalue weighted by atomic mass is 19.1. The van der Waals surface area contributed by atoms with Gasteiger partial charge >= 0.3 is 0 Å². The minimum absolute atomic E-state index is 0.160. The molecule has 2 N–H and O–H groups in total. The molecule has 0 bridgehead atoms. The first-order valence-electron chi connectivity index (χ1n) is 6.92. The van der Waals surface area contributed by atoms with Gasteiger partial charge in [0, 0.05) is 17.6 Å². The number of nitrogens with zero attached hydrogens (tertiary/aromatic N) is 1. The largest absolute Gasteiger partial charge is 0.330 e. The molecule has 1 aromatic rings.